The average Bonchev–Trinajstić information content (AvgIpc) is 3.01. The highest BCUT2D eigenvalue weighted by Gasteiger charge is 2.14. The van der Waals surface area contributed by atoms with Crippen LogP contribution in [0.25, 0.3) is 0 Å². The van der Waals surface area contributed by atoms with Gasteiger partial charge in [-0.2, -0.15) is 4.68 Å². The van der Waals surface area contributed by atoms with Gasteiger partial charge in [-0.05, 0) is 22.0 Å². The summed E-state index contributed by atoms with van der Waals surface area (Å²) in [5.41, 5.74) is 8.25. The fourth-order valence-electron chi connectivity index (χ4n) is 2.21. The first-order valence-electron chi connectivity index (χ1n) is 7.67. The third-order valence-corrected chi connectivity index (χ3v) is 3.67. The summed E-state index contributed by atoms with van der Waals surface area (Å²) in [6.07, 6.45) is 1.39. The number of hydrogen-bond acceptors (Lipinski definition) is 5. The van der Waals surface area contributed by atoms with Gasteiger partial charge in [0, 0.05) is 12.6 Å². The molecule has 1 unspecified atom stereocenters. The Bertz CT molecular complexity index is 709. The molecule has 1 amide bonds. The molecule has 0 saturated carbocycles. The number of rotatable bonds is 7. The molecule has 2 rings (SSSR count). The molecule has 0 fully saturated rings. The lowest BCUT2D eigenvalue weighted by atomic mass is 9.99. The lowest BCUT2D eigenvalue weighted by Crippen LogP contribution is -2.34. The Morgan fingerprint density at radius 1 is 1.29 bits per heavy atom. The summed E-state index contributed by atoms with van der Waals surface area (Å²) in [6, 6.07) is 8.92. The van der Waals surface area contributed by atoms with Gasteiger partial charge < -0.3 is 21.2 Å². The first-order valence-corrected chi connectivity index (χ1v) is 7.67. The maximum Gasteiger partial charge on any atom is 0.389 e. The summed E-state index contributed by atoms with van der Waals surface area (Å²) in [7, 11) is 0. The van der Waals surface area contributed by atoms with E-state index in [4.69, 9.17) is 5.73 Å². The van der Waals surface area contributed by atoms with Gasteiger partial charge in [-0.1, -0.05) is 38.1 Å². The number of amides is 1. The van der Waals surface area contributed by atoms with Crippen LogP contribution in [0.15, 0.2) is 36.5 Å². The summed E-state index contributed by atoms with van der Waals surface area (Å²) in [4.78, 5) is 21.8. The summed E-state index contributed by atoms with van der Waals surface area (Å²) in [5, 5.41) is 16.9. The fraction of sp³-hybridized carbons (Fsp3) is 0.375. The Hall–Kier alpha value is -2.74. The van der Waals surface area contributed by atoms with Crippen LogP contribution in [-0.4, -0.2) is 27.2 Å². The zero-order valence-corrected chi connectivity index (χ0v) is 13.7. The molecule has 0 aliphatic carbocycles. The third-order valence-electron chi connectivity index (χ3n) is 3.67. The first-order chi connectivity index (χ1) is 11.4. The molecule has 128 valence electrons. The van der Waals surface area contributed by atoms with Crippen molar-refractivity contribution in [3.05, 3.63) is 57.8 Å². The van der Waals surface area contributed by atoms with Gasteiger partial charge in [0.2, 0.25) is 5.91 Å². The average molecular weight is 331 g/mol. The van der Waals surface area contributed by atoms with E-state index in [1.165, 1.54) is 22.5 Å². The molecular formula is C16H21N5O3. The second-order valence-electron chi connectivity index (χ2n) is 5.86. The van der Waals surface area contributed by atoms with Gasteiger partial charge in [0.1, 0.15) is 6.54 Å². The summed E-state index contributed by atoms with van der Waals surface area (Å²) in [5.74, 6) is -0.139. The lowest BCUT2D eigenvalue weighted by Gasteiger charge is -2.14. The molecule has 0 aliphatic rings. The van der Waals surface area contributed by atoms with Crippen molar-refractivity contribution < 1.29 is 9.72 Å². The van der Waals surface area contributed by atoms with Crippen LogP contribution in [0.4, 0.5) is 5.82 Å². The van der Waals surface area contributed by atoms with Crippen molar-refractivity contribution in [3.63, 3.8) is 0 Å². The predicted molar refractivity (Wildman–Crippen MR) is 89.4 cm³/mol. The van der Waals surface area contributed by atoms with Crippen LogP contribution < -0.4 is 11.1 Å². The second-order valence-corrected chi connectivity index (χ2v) is 5.86. The normalized spacial score (nSPS) is 12.2. The minimum atomic E-state index is -0.606. The Kier molecular flexibility index (Phi) is 5.64. The van der Waals surface area contributed by atoms with E-state index < -0.39 is 4.92 Å². The van der Waals surface area contributed by atoms with E-state index in [9.17, 15) is 14.9 Å². The molecule has 0 saturated heterocycles. The lowest BCUT2D eigenvalue weighted by molar-refractivity contribution is -0.389. The number of nitrogens with one attached hydrogen (secondary N) is 1. The quantitative estimate of drug-likeness (QED) is 0.592. The Morgan fingerprint density at radius 2 is 1.92 bits per heavy atom. The fourth-order valence-corrected chi connectivity index (χ4v) is 2.21. The van der Waals surface area contributed by atoms with Crippen LogP contribution in [0.3, 0.4) is 0 Å². The maximum atomic E-state index is 11.9. The summed E-state index contributed by atoms with van der Waals surface area (Å²) in [6.45, 7) is 4.43. The number of nitro groups is 1. The van der Waals surface area contributed by atoms with Crippen molar-refractivity contribution >= 4 is 11.7 Å². The molecule has 1 aromatic carbocycles. The molecule has 2 aromatic rings. The third kappa shape index (κ3) is 4.63. The minimum Gasteiger partial charge on any atom is -0.358 e. The van der Waals surface area contributed by atoms with E-state index in [0.29, 0.717) is 5.92 Å². The topological polar surface area (TPSA) is 116 Å². The Morgan fingerprint density at radius 3 is 2.46 bits per heavy atom. The zero-order chi connectivity index (χ0) is 17.7. The standard InChI is InChI=1S/C16H21N5O3/c1-11(2)12-3-5-13(6-4-12)14(17)9-18-16(22)10-20-8-7-15(19-20)21(23)24/h3-8,11,14H,9-10,17H2,1-2H3,(H,18,22). The van der Waals surface area contributed by atoms with Crippen molar-refractivity contribution in [2.75, 3.05) is 6.54 Å². The molecular weight excluding hydrogens is 310 g/mol. The number of hydrogen-bond donors (Lipinski definition) is 2. The number of carbonyl (C=O) groups is 1. The number of benzene rings is 1. The largest absolute Gasteiger partial charge is 0.389 e. The number of aromatic nitrogens is 2. The zero-order valence-electron chi connectivity index (χ0n) is 13.7. The van der Waals surface area contributed by atoms with E-state index in [-0.39, 0.29) is 30.9 Å². The van der Waals surface area contributed by atoms with Gasteiger partial charge in [-0.25, -0.2) is 0 Å². The number of nitrogens with two attached hydrogens (primary N) is 1. The van der Waals surface area contributed by atoms with Gasteiger partial charge in [-0.3, -0.25) is 4.79 Å². The molecule has 8 heteroatoms. The monoisotopic (exact) mass is 331 g/mol. The molecule has 1 heterocycles. The van der Waals surface area contributed by atoms with E-state index >= 15 is 0 Å². The van der Waals surface area contributed by atoms with Crippen LogP contribution in [0, 0.1) is 10.1 Å². The molecule has 1 aromatic heterocycles. The van der Waals surface area contributed by atoms with Gasteiger partial charge in [-0.15, -0.1) is 0 Å². The van der Waals surface area contributed by atoms with Crippen molar-refractivity contribution in [2.24, 2.45) is 5.73 Å². The molecule has 1 atom stereocenters. The van der Waals surface area contributed by atoms with E-state index in [0.717, 1.165) is 5.56 Å². The minimum absolute atomic E-state index is 0.0904. The van der Waals surface area contributed by atoms with Crippen LogP contribution in [0.5, 0.6) is 0 Å². The molecule has 0 radical (unpaired) electrons. The second kappa shape index (κ2) is 7.69. The molecule has 0 aliphatic heterocycles. The molecule has 0 bridgehead atoms. The van der Waals surface area contributed by atoms with Crippen LogP contribution >= 0.6 is 0 Å². The highest BCUT2D eigenvalue weighted by atomic mass is 16.6. The van der Waals surface area contributed by atoms with Gasteiger partial charge in [0.05, 0.1) is 17.4 Å². The summed E-state index contributed by atoms with van der Waals surface area (Å²) < 4.78 is 1.22. The van der Waals surface area contributed by atoms with E-state index in [2.05, 4.69) is 24.3 Å². The smallest absolute Gasteiger partial charge is 0.358 e. The number of nitrogens with zero attached hydrogens (tertiary/aromatic N) is 3. The van der Waals surface area contributed by atoms with Crippen LogP contribution in [0.1, 0.15) is 36.9 Å². The molecule has 0 spiro atoms. The van der Waals surface area contributed by atoms with Crippen molar-refractivity contribution in [1.82, 2.24) is 15.1 Å². The predicted octanol–water partition coefficient (Wildman–Crippen LogP) is 1.73. The van der Waals surface area contributed by atoms with E-state index in [1.807, 2.05) is 24.3 Å². The Balaban J connectivity index is 1.85. The maximum absolute atomic E-state index is 11.9. The molecule has 8 nitrogen and oxygen atoms in total. The van der Waals surface area contributed by atoms with Gasteiger partial charge in [0.15, 0.2) is 0 Å². The van der Waals surface area contributed by atoms with Gasteiger partial charge >= 0.3 is 5.82 Å². The summed E-state index contributed by atoms with van der Waals surface area (Å²) >= 11 is 0. The van der Waals surface area contributed by atoms with Crippen molar-refractivity contribution in [1.29, 1.82) is 0 Å². The first kappa shape index (κ1) is 17.6. The number of carbonyl (C=O) groups excluding carboxylic acids is 1. The van der Waals surface area contributed by atoms with Crippen molar-refractivity contribution in [2.45, 2.75) is 32.4 Å². The van der Waals surface area contributed by atoms with E-state index in [1.54, 1.807) is 0 Å². The highest BCUT2D eigenvalue weighted by Crippen LogP contribution is 2.17. The van der Waals surface area contributed by atoms with Crippen LogP contribution in [-0.2, 0) is 11.3 Å². The van der Waals surface area contributed by atoms with Crippen LogP contribution in [0.2, 0.25) is 0 Å². The molecule has 3 N–H and O–H groups in total. The van der Waals surface area contributed by atoms with Gasteiger partial charge in [0.25, 0.3) is 0 Å². The SMILES string of the molecule is CC(C)c1ccc(C(N)CNC(=O)Cn2ccc([N+](=O)[O-])n2)cc1. The highest BCUT2D eigenvalue weighted by molar-refractivity contribution is 5.75. The van der Waals surface area contributed by atoms with Crippen molar-refractivity contribution in [3.8, 4) is 0 Å². The Labute approximate surface area is 139 Å². The molecule has 24 heavy (non-hydrogen) atoms.